The van der Waals surface area contributed by atoms with Gasteiger partial charge in [0.25, 0.3) is 0 Å². The molecule has 2 heterocycles. The minimum Gasteiger partial charge on any atom is -0.359 e. The molecule has 28 heavy (non-hydrogen) atoms. The van der Waals surface area contributed by atoms with Crippen LogP contribution in [-0.2, 0) is 7.05 Å². The first-order valence-corrected chi connectivity index (χ1v) is 9.59. The second-order valence-electron chi connectivity index (χ2n) is 7.43. The molecule has 2 aromatic carbocycles. The van der Waals surface area contributed by atoms with Gasteiger partial charge in [-0.25, -0.2) is 4.57 Å². The quantitative estimate of drug-likeness (QED) is 0.596. The molecule has 0 spiro atoms. The predicted molar refractivity (Wildman–Crippen MR) is 117 cm³/mol. The zero-order chi connectivity index (χ0) is 22.3. The molecular formula is C25H28N3+. The van der Waals surface area contributed by atoms with Gasteiger partial charge >= 0.3 is 0 Å². The van der Waals surface area contributed by atoms with Crippen molar-refractivity contribution >= 4 is 5.69 Å². The van der Waals surface area contributed by atoms with Crippen LogP contribution in [0.25, 0.3) is 22.4 Å². The van der Waals surface area contributed by atoms with Crippen LogP contribution < -0.4 is 9.47 Å². The fraction of sp³-hybridized carbons (Fsp3) is 0.240. The van der Waals surface area contributed by atoms with E-state index in [4.69, 9.17) is 4.11 Å². The average molecular weight is 374 g/mol. The van der Waals surface area contributed by atoms with Crippen molar-refractivity contribution in [3.8, 4) is 22.4 Å². The van der Waals surface area contributed by atoms with Gasteiger partial charge in [-0.05, 0) is 49.6 Å². The van der Waals surface area contributed by atoms with Gasteiger partial charge in [0, 0.05) is 40.8 Å². The molecule has 1 aliphatic rings. The van der Waals surface area contributed by atoms with Gasteiger partial charge in [0.05, 0.1) is 5.56 Å². The summed E-state index contributed by atoms with van der Waals surface area (Å²) in [6.07, 6.45) is 5.41. The fourth-order valence-corrected chi connectivity index (χ4v) is 3.93. The molecule has 0 aliphatic carbocycles. The van der Waals surface area contributed by atoms with Crippen LogP contribution in [0.5, 0.6) is 0 Å². The molecule has 3 aromatic rings. The number of benzene rings is 2. The predicted octanol–water partition coefficient (Wildman–Crippen LogP) is 5.03. The van der Waals surface area contributed by atoms with E-state index in [1.54, 1.807) is 6.20 Å². The Labute approximate surface area is 172 Å². The van der Waals surface area contributed by atoms with Gasteiger partial charge < -0.3 is 9.80 Å². The lowest BCUT2D eigenvalue weighted by atomic mass is 9.97. The fourth-order valence-electron chi connectivity index (χ4n) is 3.93. The van der Waals surface area contributed by atoms with Gasteiger partial charge in [-0.15, -0.1) is 0 Å². The second-order valence-corrected chi connectivity index (χ2v) is 7.43. The van der Waals surface area contributed by atoms with Crippen LogP contribution >= 0.6 is 0 Å². The monoisotopic (exact) mass is 373 g/mol. The van der Waals surface area contributed by atoms with Crippen LogP contribution in [0.3, 0.4) is 0 Å². The molecule has 0 bridgehead atoms. The number of hydrogen-bond donors (Lipinski definition) is 0. The van der Waals surface area contributed by atoms with E-state index >= 15 is 0 Å². The largest absolute Gasteiger partial charge is 0.359 e. The van der Waals surface area contributed by atoms with Crippen molar-refractivity contribution in [2.24, 2.45) is 7.05 Å². The van der Waals surface area contributed by atoms with Crippen LogP contribution in [0.4, 0.5) is 5.69 Å². The van der Waals surface area contributed by atoms with Crippen LogP contribution in [0.2, 0.25) is 0 Å². The maximum absolute atomic E-state index is 7.76. The molecule has 0 saturated heterocycles. The van der Waals surface area contributed by atoms with Crippen molar-refractivity contribution in [1.29, 1.82) is 0 Å². The van der Waals surface area contributed by atoms with Crippen molar-refractivity contribution in [2.45, 2.75) is 26.9 Å². The van der Waals surface area contributed by atoms with Crippen molar-refractivity contribution < 1.29 is 8.68 Å². The third kappa shape index (κ3) is 3.07. The first-order valence-electron chi connectivity index (χ1n) is 11.1. The van der Waals surface area contributed by atoms with Gasteiger partial charge in [0.1, 0.15) is 13.2 Å². The molecule has 0 fully saturated rings. The number of pyridine rings is 1. The number of aromatic nitrogens is 1. The third-order valence-corrected chi connectivity index (χ3v) is 5.62. The lowest BCUT2D eigenvalue weighted by molar-refractivity contribution is -0.660. The van der Waals surface area contributed by atoms with Crippen LogP contribution in [0, 0.1) is 13.8 Å². The van der Waals surface area contributed by atoms with E-state index in [9.17, 15) is 0 Å². The summed E-state index contributed by atoms with van der Waals surface area (Å²) < 4.78 is 25.5. The summed E-state index contributed by atoms with van der Waals surface area (Å²) >= 11 is 0. The van der Waals surface area contributed by atoms with E-state index in [2.05, 4.69) is 68.1 Å². The first kappa shape index (κ1) is 14.9. The summed E-state index contributed by atoms with van der Waals surface area (Å²) in [6, 6.07) is 18.9. The molecular weight excluding hydrogens is 342 g/mol. The standard InChI is InChI=1S/C25H28N3/c1-18-16-25(27(5)17-23(18)21-10-7-6-8-11-21)22-12-9-13-24(19(22)2)28-15-14-26(4)20(28)3/h6-17,20H,1-5H3/q+1/t20-/m0/s1/i4D3. The summed E-state index contributed by atoms with van der Waals surface area (Å²) in [6.45, 7) is 4.00. The summed E-state index contributed by atoms with van der Waals surface area (Å²) in [5, 5.41) is 0. The smallest absolute Gasteiger partial charge is 0.212 e. The highest BCUT2D eigenvalue weighted by Crippen LogP contribution is 2.33. The lowest BCUT2D eigenvalue weighted by Crippen LogP contribution is -2.34. The molecule has 142 valence electrons. The SMILES string of the molecule is [2H]C([2H])([2H])N1C=CN(c2cccc(-c3cc(C)c(-c4ccccc4)c[n+]3C)c2C)[C@H]1C. The van der Waals surface area contributed by atoms with E-state index in [0.29, 0.717) is 0 Å². The number of aryl methyl sites for hydroxylation is 2. The second kappa shape index (κ2) is 7.16. The van der Waals surface area contributed by atoms with Crippen LogP contribution in [0.1, 0.15) is 22.2 Å². The first-order chi connectivity index (χ1) is 14.7. The van der Waals surface area contributed by atoms with Crippen molar-refractivity contribution in [1.82, 2.24) is 4.90 Å². The van der Waals surface area contributed by atoms with E-state index < -0.39 is 6.98 Å². The molecule has 1 aliphatic heterocycles. The Morgan fingerprint density at radius 1 is 0.964 bits per heavy atom. The lowest BCUT2D eigenvalue weighted by Gasteiger charge is -2.28. The maximum Gasteiger partial charge on any atom is 0.212 e. The van der Waals surface area contributed by atoms with Crippen LogP contribution in [-0.4, -0.2) is 18.0 Å². The van der Waals surface area contributed by atoms with Crippen molar-refractivity contribution in [3.05, 3.63) is 84.3 Å². The highest BCUT2D eigenvalue weighted by Gasteiger charge is 2.24. The minimum absolute atomic E-state index is 0.280. The Hall–Kier alpha value is -3.07. The number of rotatable bonds is 3. The third-order valence-electron chi connectivity index (χ3n) is 5.62. The van der Waals surface area contributed by atoms with E-state index in [-0.39, 0.29) is 6.17 Å². The Kier molecular flexibility index (Phi) is 3.81. The molecule has 0 saturated carbocycles. The Balaban J connectivity index is 1.74. The normalized spacial score (nSPS) is 18.1. The van der Waals surface area contributed by atoms with Gasteiger partial charge in [-0.2, -0.15) is 0 Å². The Morgan fingerprint density at radius 3 is 2.46 bits per heavy atom. The molecule has 0 radical (unpaired) electrons. The summed E-state index contributed by atoms with van der Waals surface area (Å²) in [5.74, 6) is 0. The molecule has 1 aromatic heterocycles. The minimum atomic E-state index is -2.16. The highest BCUT2D eigenvalue weighted by atomic mass is 15.4. The average Bonchev–Trinajstić information content (AvgIpc) is 3.12. The number of hydrogen-bond acceptors (Lipinski definition) is 2. The van der Waals surface area contributed by atoms with Crippen molar-refractivity contribution in [2.75, 3.05) is 11.9 Å². The molecule has 0 unspecified atom stereocenters. The highest BCUT2D eigenvalue weighted by molar-refractivity contribution is 5.74. The molecule has 3 heteroatoms. The van der Waals surface area contributed by atoms with Crippen molar-refractivity contribution in [3.63, 3.8) is 0 Å². The van der Waals surface area contributed by atoms with Gasteiger partial charge in [-0.3, -0.25) is 0 Å². The van der Waals surface area contributed by atoms with Gasteiger partial charge in [0.2, 0.25) is 5.69 Å². The Morgan fingerprint density at radius 2 is 1.75 bits per heavy atom. The zero-order valence-electron chi connectivity index (χ0n) is 19.8. The molecule has 0 amide bonds. The van der Waals surface area contributed by atoms with E-state index in [1.807, 2.05) is 36.2 Å². The van der Waals surface area contributed by atoms with Gasteiger partial charge in [-0.1, -0.05) is 36.4 Å². The zero-order valence-corrected chi connectivity index (χ0v) is 16.8. The number of nitrogens with zero attached hydrogens (tertiary/aromatic N) is 3. The molecule has 0 N–H and O–H groups in total. The van der Waals surface area contributed by atoms with E-state index in [1.165, 1.54) is 21.6 Å². The van der Waals surface area contributed by atoms with Crippen LogP contribution in [0.15, 0.2) is 73.2 Å². The maximum atomic E-state index is 7.76. The van der Waals surface area contributed by atoms with Gasteiger partial charge in [0.15, 0.2) is 6.20 Å². The van der Waals surface area contributed by atoms with E-state index in [0.717, 1.165) is 22.5 Å². The molecule has 3 nitrogen and oxygen atoms in total. The summed E-state index contributed by atoms with van der Waals surface area (Å²) in [7, 11) is 2.07. The summed E-state index contributed by atoms with van der Waals surface area (Å²) in [5.41, 5.74) is 8.02. The topological polar surface area (TPSA) is 10.4 Å². The number of anilines is 1. The Bertz CT molecular complexity index is 1140. The summed E-state index contributed by atoms with van der Waals surface area (Å²) in [4.78, 5) is 3.44. The molecule has 4 rings (SSSR count). The molecule has 1 atom stereocenters.